The molecule has 5 heteroatoms. The van der Waals surface area contributed by atoms with Gasteiger partial charge in [-0.15, -0.1) is 11.3 Å². The van der Waals surface area contributed by atoms with E-state index in [-0.39, 0.29) is 11.9 Å². The second kappa shape index (κ2) is 6.54. The molecular weight excluding hydrogens is 308 g/mol. The third-order valence-electron chi connectivity index (χ3n) is 4.09. The number of rotatable bonds is 4. The van der Waals surface area contributed by atoms with Gasteiger partial charge < -0.3 is 4.74 Å². The number of aryl methyl sites for hydroxylation is 1. The van der Waals surface area contributed by atoms with Crippen LogP contribution in [0.5, 0.6) is 5.75 Å². The summed E-state index contributed by atoms with van der Waals surface area (Å²) in [6.07, 6.45) is 1.20. The number of nitrogens with zero attached hydrogens (tertiary/aromatic N) is 2. The molecule has 1 aromatic carbocycles. The molecule has 3 rings (SSSR count). The molecule has 0 bridgehead atoms. The molecule has 0 spiro atoms. The number of benzene rings is 1. The first-order chi connectivity index (χ1) is 11.1. The predicted octanol–water partition coefficient (Wildman–Crippen LogP) is 4.15. The van der Waals surface area contributed by atoms with Crippen molar-refractivity contribution >= 4 is 23.0 Å². The van der Waals surface area contributed by atoms with Crippen molar-refractivity contribution < 1.29 is 9.53 Å². The van der Waals surface area contributed by atoms with E-state index in [1.54, 1.807) is 23.5 Å². The van der Waals surface area contributed by atoms with Gasteiger partial charge >= 0.3 is 0 Å². The lowest BCUT2D eigenvalue weighted by atomic mass is 10.00. The molecule has 0 unspecified atom stereocenters. The van der Waals surface area contributed by atoms with Crippen LogP contribution in [0.2, 0.25) is 0 Å². The first kappa shape index (κ1) is 15.7. The average molecular weight is 328 g/mol. The van der Waals surface area contributed by atoms with E-state index in [2.05, 4.69) is 23.5 Å². The van der Waals surface area contributed by atoms with Crippen LogP contribution in [0.15, 0.2) is 40.8 Å². The Labute approximate surface area is 140 Å². The first-order valence-electron chi connectivity index (χ1n) is 7.72. The predicted molar refractivity (Wildman–Crippen MR) is 93.1 cm³/mol. The summed E-state index contributed by atoms with van der Waals surface area (Å²) in [4.78, 5) is 13.5. The second-order valence-electron chi connectivity index (χ2n) is 5.56. The summed E-state index contributed by atoms with van der Waals surface area (Å²) < 4.78 is 5.22. The van der Waals surface area contributed by atoms with Crippen LogP contribution < -0.4 is 4.74 Å². The lowest BCUT2D eigenvalue weighted by Gasteiger charge is -2.21. The standard InChI is InChI=1S/C18H20N2O2S/c1-4-17(21)20-16(13-5-7-14(22-3)8-6-13)11-15(19-20)18-12(2)9-10-23-18/h5-10,16H,4,11H2,1-3H3/t16-/m1/s1. The minimum absolute atomic E-state index is 0.0372. The Hall–Kier alpha value is -2.14. The van der Waals surface area contributed by atoms with Crippen molar-refractivity contribution in [2.45, 2.75) is 32.7 Å². The monoisotopic (exact) mass is 328 g/mol. The molecule has 2 heterocycles. The molecule has 0 aliphatic carbocycles. The number of methoxy groups -OCH3 is 1. The van der Waals surface area contributed by atoms with Crippen LogP contribution >= 0.6 is 11.3 Å². The lowest BCUT2D eigenvalue weighted by molar-refractivity contribution is -0.132. The molecule has 120 valence electrons. The third kappa shape index (κ3) is 3.01. The Morgan fingerprint density at radius 1 is 1.35 bits per heavy atom. The van der Waals surface area contributed by atoms with E-state index < -0.39 is 0 Å². The van der Waals surface area contributed by atoms with Gasteiger partial charge in [0.1, 0.15) is 5.75 Å². The largest absolute Gasteiger partial charge is 0.497 e. The van der Waals surface area contributed by atoms with Crippen LogP contribution in [0.1, 0.15) is 41.8 Å². The summed E-state index contributed by atoms with van der Waals surface area (Å²) in [6.45, 7) is 3.96. The molecule has 1 amide bonds. The van der Waals surface area contributed by atoms with Crippen LogP contribution in [0.4, 0.5) is 0 Å². The highest BCUT2D eigenvalue weighted by Gasteiger charge is 2.33. The number of carbonyl (C=O) groups excluding carboxylic acids is 1. The van der Waals surface area contributed by atoms with Crippen LogP contribution in [0, 0.1) is 6.92 Å². The molecule has 0 saturated carbocycles. The minimum atomic E-state index is -0.0372. The Balaban J connectivity index is 1.93. The Bertz CT molecular complexity index is 734. The van der Waals surface area contributed by atoms with E-state index in [0.717, 1.165) is 23.4 Å². The van der Waals surface area contributed by atoms with E-state index in [4.69, 9.17) is 4.74 Å². The molecule has 1 aliphatic heterocycles. The zero-order valence-corrected chi connectivity index (χ0v) is 14.4. The summed E-state index contributed by atoms with van der Waals surface area (Å²) in [5, 5.41) is 8.36. The molecule has 23 heavy (non-hydrogen) atoms. The molecule has 1 aliphatic rings. The number of hydrazone groups is 1. The molecule has 0 N–H and O–H groups in total. The topological polar surface area (TPSA) is 41.9 Å². The molecule has 1 atom stereocenters. The van der Waals surface area contributed by atoms with Crippen LogP contribution in [0.25, 0.3) is 0 Å². The van der Waals surface area contributed by atoms with E-state index in [1.165, 1.54) is 10.4 Å². The van der Waals surface area contributed by atoms with Gasteiger partial charge in [-0.1, -0.05) is 19.1 Å². The highest BCUT2D eigenvalue weighted by molar-refractivity contribution is 7.12. The highest BCUT2D eigenvalue weighted by Crippen LogP contribution is 2.35. The molecule has 0 fully saturated rings. The van der Waals surface area contributed by atoms with Crippen molar-refractivity contribution in [1.82, 2.24) is 5.01 Å². The maximum absolute atomic E-state index is 12.3. The van der Waals surface area contributed by atoms with Crippen LogP contribution in [-0.4, -0.2) is 23.7 Å². The Morgan fingerprint density at radius 3 is 2.65 bits per heavy atom. The van der Waals surface area contributed by atoms with Crippen molar-refractivity contribution in [2.24, 2.45) is 5.10 Å². The number of hydrogen-bond acceptors (Lipinski definition) is 4. The van der Waals surface area contributed by atoms with Gasteiger partial charge in [0.2, 0.25) is 5.91 Å². The number of carbonyl (C=O) groups is 1. The molecule has 2 aromatic rings. The van der Waals surface area contributed by atoms with Crippen molar-refractivity contribution in [1.29, 1.82) is 0 Å². The summed E-state index contributed by atoms with van der Waals surface area (Å²) in [5.41, 5.74) is 3.30. The SMILES string of the molecule is CCC(=O)N1N=C(c2sccc2C)C[C@@H]1c1ccc(OC)cc1. The quantitative estimate of drug-likeness (QED) is 0.846. The maximum Gasteiger partial charge on any atom is 0.242 e. The lowest BCUT2D eigenvalue weighted by Crippen LogP contribution is -2.26. The normalized spacial score (nSPS) is 17.3. The van der Waals surface area contributed by atoms with Gasteiger partial charge in [-0.25, -0.2) is 5.01 Å². The summed E-state index contributed by atoms with van der Waals surface area (Å²) in [7, 11) is 1.65. The highest BCUT2D eigenvalue weighted by atomic mass is 32.1. The molecule has 1 aromatic heterocycles. The fourth-order valence-electron chi connectivity index (χ4n) is 2.79. The van der Waals surface area contributed by atoms with Crippen molar-refractivity contribution in [3.05, 3.63) is 51.7 Å². The number of amides is 1. The average Bonchev–Trinajstić information content (AvgIpc) is 3.20. The molecular formula is C18H20N2O2S. The van der Waals surface area contributed by atoms with E-state index in [9.17, 15) is 4.79 Å². The fourth-order valence-corrected chi connectivity index (χ4v) is 3.72. The third-order valence-corrected chi connectivity index (χ3v) is 5.16. The summed E-state index contributed by atoms with van der Waals surface area (Å²) in [5.74, 6) is 0.866. The van der Waals surface area contributed by atoms with Gasteiger partial charge in [-0.05, 0) is 41.6 Å². The molecule has 0 radical (unpaired) electrons. The van der Waals surface area contributed by atoms with Gasteiger partial charge in [0.25, 0.3) is 0 Å². The fraction of sp³-hybridized carbons (Fsp3) is 0.333. The van der Waals surface area contributed by atoms with Gasteiger partial charge in [0, 0.05) is 12.8 Å². The van der Waals surface area contributed by atoms with Crippen molar-refractivity contribution in [2.75, 3.05) is 7.11 Å². The van der Waals surface area contributed by atoms with Gasteiger partial charge in [-0.3, -0.25) is 4.79 Å². The van der Waals surface area contributed by atoms with Crippen LogP contribution in [0.3, 0.4) is 0 Å². The zero-order valence-electron chi connectivity index (χ0n) is 13.6. The molecule has 0 saturated heterocycles. The van der Waals surface area contributed by atoms with Gasteiger partial charge in [0.05, 0.1) is 23.7 Å². The second-order valence-corrected chi connectivity index (χ2v) is 6.48. The molecule has 4 nitrogen and oxygen atoms in total. The van der Waals surface area contributed by atoms with Crippen molar-refractivity contribution in [3.8, 4) is 5.75 Å². The van der Waals surface area contributed by atoms with E-state index >= 15 is 0 Å². The Morgan fingerprint density at radius 2 is 2.09 bits per heavy atom. The number of ether oxygens (including phenoxy) is 1. The zero-order chi connectivity index (χ0) is 16.4. The van der Waals surface area contributed by atoms with Gasteiger partial charge in [-0.2, -0.15) is 5.10 Å². The van der Waals surface area contributed by atoms with E-state index in [0.29, 0.717) is 6.42 Å². The summed E-state index contributed by atoms with van der Waals surface area (Å²) >= 11 is 1.68. The maximum atomic E-state index is 12.3. The van der Waals surface area contributed by atoms with E-state index in [1.807, 2.05) is 31.2 Å². The Kier molecular flexibility index (Phi) is 4.48. The first-order valence-corrected chi connectivity index (χ1v) is 8.60. The number of hydrogen-bond donors (Lipinski definition) is 0. The van der Waals surface area contributed by atoms with Gasteiger partial charge in [0.15, 0.2) is 0 Å². The number of thiophene rings is 1. The van der Waals surface area contributed by atoms with Crippen molar-refractivity contribution in [3.63, 3.8) is 0 Å². The summed E-state index contributed by atoms with van der Waals surface area (Å²) in [6, 6.07) is 9.94. The minimum Gasteiger partial charge on any atom is -0.497 e. The smallest absolute Gasteiger partial charge is 0.242 e. The van der Waals surface area contributed by atoms with Crippen LogP contribution in [-0.2, 0) is 4.79 Å².